The zero-order chi connectivity index (χ0) is 45.8. The summed E-state index contributed by atoms with van der Waals surface area (Å²) in [6, 6.07) is 0. The topological polar surface area (TPSA) is 78.9 Å². The first-order valence-electron chi connectivity index (χ1n) is 27.1. The molecule has 0 aromatic carbocycles. The maximum atomic E-state index is 12.8. The number of hydrogen-bond donors (Lipinski definition) is 0. The van der Waals surface area contributed by atoms with Crippen molar-refractivity contribution in [1.29, 1.82) is 0 Å². The average molecular weight is 883 g/mol. The molecule has 0 saturated heterocycles. The lowest BCUT2D eigenvalue weighted by molar-refractivity contribution is -0.167. The first kappa shape index (κ1) is 60.4. The van der Waals surface area contributed by atoms with Crippen LogP contribution in [0.25, 0.3) is 0 Å². The maximum absolute atomic E-state index is 12.8. The van der Waals surface area contributed by atoms with Gasteiger partial charge in [-0.1, -0.05) is 236 Å². The minimum atomic E-state index is -0.780. The molecule has 0 saturated carbocycles. The van der Waals surface area contributed by atoms with Crippen molar-refractivity contribution in [2.75, 3.05) is 13.2 Å². The smallest absolute Gasteiger partial charge is 0.306 e. The molecule has 0 heterocycles. The predicted molar refractivity (Wildman–Crippen MR) is 270 cm³/mol. The zero-order valence-corrected chi connectivity index (χ0v) is 41.8. The van der Waals surface area contributed by atoms with E-state index in [0.717, 1.165) is 96.3 Å². The fraction of sp³-hybridized carbons (Fsp3) is 0.807. The molecule has 0 radical (unpaired) electrons. The van der Waals surface area contributed by atoms with Crippen LogP contribution in [0.2, 0.25) is 0 Å². The summed E-state index contributed by atoms with van der Waals surface area (Å²) in [7, 11) is 0. The van der Waals surface area contributed by atoms with E-state index in [9.17, 15) is 14.4 Å². The van der Waals surface area contributed by atoms with Gasteiger partial charge in [0.25, 0.3) is 0 Å². The molecule has 0 aromatic rings. The summed E-state index contributed by atoms with van der Waals surface area (Å²) >= 11 is 0. The van der Waals surface area contributed by atoms with Crippen molar-refractivity contribution in [2.24, 2.45) is 0 Å². The van der Waals surface area contributed by atoms with Crippen LogP contribution in [0.3, 0.4) is 0 Å². The molecular formula is C57H102O6. The lowest BCUT2D eigenvalue weighted by atomic mass is 10.0. The van der Waals surface area contributed by atoms with Crippen LogP contribution in [0.5, 0.6) is 0 Å². The highest BCUT2D eigenvalue weighted by Gasteiger charge is 2.19. The first-order valence-corrected chi connectivity index (χ1v) is 27.1. The van der Waals surface area contributed by atoms with Crippen LogP contribution in [-0.2, 0) is 28.6 Å². The molecule has 0 rings (SSSR count). The van der Waals surface area contributed by atoms with E-state index in [2.05, 4.69) is 69.4 Å². The van der Waals surface area contributed by atoms with Gasteiger partial charge in [-0.2, -0.15) is 0 Å². The number of allylic oxidation sites excluding steroid dienone is 8. The molecule has 1 atom stereocenters. The van der Waals surface area contributed by atoms with Gasteiger partial charge in [-0.25, -0.2) is 0 Å². The van der Waals surface area contributed by atoms with E-state index in [4.69, 9.17) is 14.2 Å². The van der Waals surface area contributed by atoms with Crippen LogP contribution in [0, 0.1) is 0 Å². The normalized spacial score (nSPS) is 12.4. The third-order valence-corrected chi connectivity index (χ3v) is 11.8. The highest BCUT2D eigenvalue weighted by molar-refractivity contribution is 5.71. The SMILES string of the molecule is CC/C=C\C/C=C\C/C=C\CCCCCCCCC(=O)OC(COC(=O)CCCCCCC/C=C\CCCC)COC(=O)CCCCCCCCCCCCCCCCCCCC. The van der Waals surface area contributed by atoms with E-state index < -0.39 is 6.10 Å². The number of ether oxygens (including phenoxy) is 3. The summed E-state index contributed by atoms with van der Waals surface area (Å²) in [5, 5.41) is 0. The van der Waals surface area contributed by atoms with Gasteiger partial charge in [0, 0.05) is 19.3 Å². The van der Waals surface area contributed by atoms with E-state index >= 15 is 0 Å². The van der Waals surface area contributed by atoms with Crippen LogP contribution in [-0.4, -0.2) is 37.2 Å². The minimum absolute atomic E-state index is 0.0785. The van der Waals surface area contributed by atoms with Crippen molar-refractivity contribution in [3.05, 3.63) is 48.6 Å². The molecule has 0 bridgehead atoms. The number of carbonyl (C=O) groups excluding carboxylic acids is 3. The average Bonchev–Trinajstić information content (AvgIpc) is 3.28. The highest BCUT2D eigenvalue weighted by atomic mass is 16.6. The molecule has 0 aliphatic carbocycles. The lowest BCUT2D eigenvalue weighted by Gasteiger charge is -2.18. The molecule has 6 heteroatoms. The van der Waals surface area contributed by atoms with E-state index in [1.807, 2.05) is 0 Å². The van der Waals surface area contributed by atoms with Crippen molar-refractivity contribution in [1.82, 2.24) is 0 Å². The minimum Gasteiger partial charge on any atom is -0.462 e. The third kappa shape index (κ3) is 50.2. The summed E-state index contributed by atoms with van der Waals surface area (Å²) in [6.07, 6.45) is 62.4. The van der Waals surface area contributed by atoms with E-state index in [1.54, 1.807) is 0 Å². The molecule has 0 aliphatic rings. The zero-order valence-electron chi connectivity index (χ0n) is 41.8. The molecule has 0 fully saturated rings. The Labute approximate surface area is 390 Å². The predicted octanol–water partition coefficient (Wildman–Crippen LogP) is 17.9. The van der Waals surface area contributed by atoms with Gasteiger partial charge in [0.2, 0.25) is 0 Å². The van der Waals surface area contributed by atoms with Gasteiger partial charge in [-0.15, -0.1) is 0 Å². The Hall–Kier alpha value is -2.63. The number of unbranched alkanes of at least 4 members (excludes halogenated alkanes) is 30. The van der Waals surface area contributed by atoms with Gasteiger partial charge in [0.15, 0.2) is 6.10 Å². The molecular weight excluding hydrogens is 781 g/mol. The third-order valence-electron chi connectivity index (χ3n) is 11.8. The van der Waals surface area contributed by atoms with Crippen LogP contribution in [0.4, 0.5) is 0 Å². The summed E-state index contributed by atoms with van der Waals surface area (Å²) in [6.45, 7) is 6.50. The molecule has 6 nitrogen and oxygen atoms in total. The first-order chi connectivity index (χ1) is 31.0. The molecule has 1 unspecified atom stereocenters. The molecule has 366 valence electrons. The van der Waals surface area contributed by atoms with Crippen LogP contribution in [0.1, 0.15) is 278 Å². The number of hydrogen-bond acceptors (Lipinski definition) is 6. The molecule has 0 aliphatic heterocycles. The summed E-state index contributed by atoms with van der Waals surface area (Å²) in [5.41, 5.74) is 0. The summed E-state index contributed by atoms with van der Waals surface area (Å²) in [5.74, 6) is -0.891. The van der Waals surface area contributed by atoms with Crippen molar-refractivity contribution in [3.63, 3.8) is 0 Å². The Morgan fingerprint density at radius 2 is 0.635 bits per heavy atom. The summed E-state index contributed by atoms with van der Waals surface area (Å²) in [4.78, 5) is 38.0. The molecule has 0 spiro atoms. The van der Waals surface area contributed by atoms with Gasteiger partial charge in [-0.05, 0) is 70.6 Å². The van der Waals surface area contributed by atoms with Gasteiger partial charge in [0.05, 0.1) is 0 Å². The van der Waals surface area contributed by atoms with E-state index in [1.165, 1.54) is 141 Å². The summed E-state index contributed by atoms with van der Waals surface area (Å²) < 4.78 is 16.8. The Morgan fingerprint density at radius 3 is 1.03 bits per heavy atom. The van der Waals surface area contributed by atoms with Crippen LogP contribution >= 0.6 is 0 Å². The van der Waals surface area contributed by atoms with Gasteiger partial charge in [-0.3, -0.25) is 14.4 Å². The molecule has 0 amide bonds. The Morgan fingerprint density at radius 1 is 0.333 bits per heavy atom. The Kier molecular flexibility index (Phi) is 49.8. The second-order valence-corrected chi connectivity index (χ2v) is 18.1. The fourth-order valence-corrected chi connectivity index (χ4v) is 7.73. The monoisotopic (exact) mass is 883 g/mol. The van der Waals surface area contributed by atoms with Gasteiger partial charge >= 0.3 is 17.9 Å². The molecule has 63 heavy (non-hydrogen) atoms. The lowest BCUT2D eigenvalue weighted by Crippen LogP contribution is -2.30. The van der Waals surface area contributed by atoms with Crippen molar-refractivity contribution in [3.8, 4) is 0 Å². The van der Waals surface area contributed by atoms with Crippen molar-refractivity contribution in [2.45, 2.75) is 284 Å². The number of carbonyl (C=O) groups is 3. The fourth-order valence-electron chi connectivity index (χ4n) is 7.73. The Bertz CT molecular complexity index is 1110. The largest absolute Gasteiger partial charge is 0.462 e. The number of rotatable bonds is 49. The quantitative estimate of drug-likeness (QED) is 0.0262. The number of esters is 3. The standard InChI is InChI=1S/C57H102O6/c1-4-7-10-13-16-19-22-24-26-28-29-31-32-35-38-41-44-47-50-56(59)62-53-54(52-61-55(58)49-46-43-40-37-34-21-18-15-12-9-6-3)63-57(60)51-48-45-42-39-36-33-30-27-25-23-20-17-14-11-8-5-2/h8,11,15,17-18,20,25,27,54H,4-7,9-10,12-14,16,19,21-24,26,28-53H2,1-3H3/b11-8-,18-15-,20-17-,27-25-. The van der Waals surface area contributed by atoms with Crippen molar-refractivity contribution >= 4 is 17.9 Å². The van der Waals surface area contributed by atoms with Gasteiger partial charge in [0.1, 0.15) is 13.2 Å². The van der Waals surface area contributed by atoms with Gasteiger partial charge < -0.3 is 14.2 Å². The van der Waals surface area contributed by atoms with E-state index in [-0.39, 0.29) is 31.1 Å². The molecule has 0 N–H and O–H groups in total. The van der Waals surface area contributed by atoms with Crippen LogP contribution < -0.4 is 0 Å². The van der Waals surface area contributed by atoms with E-state index in [0.29, 0.717) is 19.3 Å². The second kappa shape index (κ2) is 52.0. The van der Waals surface area contributed by atoms with Crippen molar-refractivity contribution < 1.29 is 28.6 Å². The molecule has 0 aromatic heterocycles. The maximum Gasteiger partial charge on any atom is 0.306 e. The highest BCUT2D eigenvalue weighted by Crippen LogP contribution is 2.16. The van der Waals surface area contributed by atoms with Crippen LogP contribution in [0.15, 0.2) is 48.6 Å². The Balaban J connectivity index is 4.33. The second-order valence-electron chi connectivity index (χ2n) is 18.1.